The number of hydrogen-bond donors (Lipinski definition) is 1. The summed E-state index contributed by atoms with van der Waals surface area (Å²) in [7, 11) is 0. The van der Waals surface area contributed by atoms with Gasteiger partial charge in [0.15, 0.2) is 0 Å². The average molecular weight is 169 g/mol. The Morgan fingerprint density at radius 1 is 1.67 bits per heavy atom. The van der Waals surface area contributed by atoms with E-state index in [4.69, 9.17) is 10.5 Å². The Morgan fingerprint density at radius 3 is 2.75 bits per heavy atom. The van der Waals surface area contributed by atoms with Crippen LogP contribution < -0.4 is 5.73 Å². The highest BCUT2D eigenvalue weighted by molar-refractivity contribution is 4.95. The van der Waals surface area contributed by atoms with E-state index in [1.165, 1.54) is 0 Å². The zero-order valence-corrected chi connectivity index (χ0v) is 8.05. The lowest BCUT2D eigenvalue weighted by atomic mass is 10.0. The van der Waals surface area contributed by atoms with E-state index in [0.29, 0.717) is 6.10 Å². The van der Waals surface area contributed by atoms with Crippen LogP contribution in [0.1, 0.15) is 33.1 Å². The Morgan fingerprint density at radius 2 is 2.33 bits per heavy atom. The molecule has 1 fully saturated rings. The minimum atomic E-state index is 0.146. The summed E-state index contributed by atoms with van der Waals surface area (Å²) in [5.41, 5.74) is 7.10. The van der Waals surface area contributed by atoms with E-state index in [0.717, 1.165) is 24.8 Å². The van der Waals surface area contributed by atoms with Gasteiger partial charge in [-0.3, -0.25) is 0 Å². The van der Waals surface area contributed by atoms with Gasteiger partial charge in [-0.2, -0.15) is 0 Å². The van der Waals surface area contributed by atoms with Gasteiger partial charge in [-0.15, -0.1) is 6.58 Å². The molecule has 3 unspecified atom stereocenters. The van der Waals surface area contributed by atoms with E-state index in [1.807, 2.05) is 6.92 Å². The van der Waals surface area contributed by atoms with Crippen molar-refractivity contribution in [2.24, 2.45) is 5.73 Å². The summed E-state index contributed by atoms with van der Waals surface area (Å²) in [4.78, 5) is 0. The molecule has 1 rings (SSSR count). The Bertz CT molecular complexity index is 167. The normalized spacial score (nSPS) is 31.9. The van der Waals surface area contributed by atoms with Gasteiger partial charge in [-0.05, 0) is 33.1 Å². The first-order valence-electron chi connectivity index (χ1n) is 4.65. The highest BCUT2D eigenvalue weighted by atomic mass is 16.5. The van der Waals surface area contributed by atoms with Crippen molar-refractivity contribution in [3.8, 4) is 0 Å². The topological polar surface area (TPSA) is 35.2 Å². The summed E-state index contributed by atoms with van der Waals surface area (Å²) in [5, 5.41) is 0. The lowest BCUT2D eigenvalue weighted by Gasteiger charge is -2.19. The molecule has 1 saturated heterocycles. The molecule has 0 aromatic heterocycles. The Hall–Kier alpha value is -0.340. The van der Waals surface area contributed by atoms with Crippen LogP contribution in [0.15, 0.2) is 12.2 Å². The average Bonchev–Trinajstić information content (AvgIpc) is 2.34. The molecule has 70 valence electrons. The first kappa shape index (κ1) is 9.75. The summed E-state index contributed by atoms with van der Waals surface area (Å²) in [6, 6.07) is 0.146. The largest absolute Gasteiger partial charge is 0.374 e. The number of hydrogen-bond acceptors (Lipinski definition) is 2. The molecule has 1 aliphatic rings. The van der Waals surface area contributed by atoms with Crippen LogP contribution >= 0.6 is 0 Å². The minimum absolute atomic E-state index is 0.146. The summed E-state index contributed by atoms with van der Waals surface area (Å²) in [6.45, 7) is 7.97. The molecule has 0 spiro atoms. The van der Waals surface area contributed by atoms with E-state index < -0.39 is 0 Å². The van der Waals surface area contributed by atoms with Gasteiger partial charge in [0.2, 0.25) is 0 Å². The van der Waals surface area contributed by atoms with Gasteiger partial charge in [-0.1, -0.05) is 5.57 Å². The third-order valence-electron chi connectivity index (χ3n) is 2.33. The van der Waals surface area contributed by atoms with Crippen molar-refractivity contribution in [2.45, 2.75) is 51.4 Å². The monoisotopic (exact) mass is 169 g/mol. The van der Waals surface area contributed by atoms with Crippen molar-refractivity contribution in [2.75, 3.05) is 0 Å². The van der Waals surface area contributed by atoms with Crippen LogP contribution in [0, 0.1) is 0 Å². The van der Waals surface area contributed by atoms with E-state index in [2.05, 4.69) is 13.5 Å². The summed E-state index contributed by atoms with van der Waals surface area (Å²) in [5.74, 6) is 0. The van der Waals surface area contributed by atoms with E-state index in [-0.39, 0.29) is 12.1 Å². The second-order valence-corrected chi connectivity index (χ2v) is 3.89. The summed E-state index contributed by atoms with van der Waals surface area (Å²) < 4.78 is 5.66. The molecule has 12 heavy (non-hydrogen) atoms. The zero-order valence-electron chi connectivity index (χ0n) is 8.05. The highest BCUT2D eigenvalue weighted by Gasteiger charge is 2.26. The van der Waals surface area contributed by atoms with Crippen molar-refractivity contribution in [1.29, 1.82) is 0 Å². The molecule has 2 N–H and O–H groups in total. The predicted octanol–water partition coefficient (Wildman–Crippen LogP) is 1.85. The number of rotatable bonds is 3. The SMILES string of the molecule is C=C(C)CC(N)C1CCC(C)O1. The zero-order chi connectivity index (χ0) is 9.14. The number of ether oxygens (including phenoxy) is 1. The maximum absolute atomic E-state index is 5.96. The fraction of sp³-hybridized carbons (Fsp3) is 0.800. The summed E-state index contributed by atoms with van der Waals surface area (Å²) in [6.07, 6.45) is 3.80. The molecule has 0 bridgehead atoms. The Balaban J connectivity index is 2.32. The van der Waals surface area contributed by atoms with Gasteiger partial charge in [0, 0.05) is 6.04 Å². The van der Waals surface area contributed by atoms with Crippen LogP contribution in [0.4, 0.5) is 0 Å². The molecule has 3 atom stereocenters. The molecular formula is C10H19NO. The lowest BCUT2D eigenvalue weighted by molar-refractivity contribution is 0.0405. The first-order chi connectivity index (χ1) is 5.59. The maximum Gasteiger partial charge on any atom is 0.0733 e. The van der Waals surface area contributed by atoms with Crippen molar-refractivity contribution >= 4 is 0 Å². The van der Waals surface area contributed by atoms with E-state index >= 15 is 0 Å². The fourth-order valence-corrected chi connectivity index (χ4v) is 1.68. The van der Waals surface area contributed by atoms with Gasteiger partial charge < -0.3 is 10.5 Å². The van der Waals surface area contributed by atoms with Crippen molar-refractivity contribution in [3.05, 3.63) is 12.2 Å². The molecule has 0 aliphatic carbocycles. The molecule has 2 nitrogen and oxygen atoms in total. The van der Waals surface area contributed by atoms with Gasteiger partial charge in [-0.25, -0.2) is 0 Å². The van der Waals surface area contributed by atoms with Crippen LogP contribution in [0.5, 0.6) is 0 Å². The molecule has 0 aromatic carbocycles. The third-order valence-corrected chi connectivity index (χ3v) is 2.33. The van der Waals surface area contributed by atoms with Crippen LogP contribution in [0.25, 0.3) is 0 Å². The van der Waals surface area contributed by atoms with Crippen LogP contribution in [-0.2, 0) is 4.74 Å². The quantitative estimate of drug-likeness (QED) is 0.654. The molecule has 0 amide bonds. The molecule has 0 radical (unpaired) electrons. The lowest BCUT2D eigenvalue weighted by Crippen LogP contribution is -2.34. The predicted molar refractivity (Wildman–Crippen MR) is 51.0 cm³/mol. The molecule has 1 heterocycles. The summed E-state index contributed by atoms with van der Waals surface area (Å²) >= 11 is 0. The van der Waals surface area contributed by atoms with Gasteiger partial charge in [0.25, 0.3) is 0 Å². The smallest absolute Gasteiger partial charge is 0.0733 e. The van der Waals surface area contributed by atoms with E-state index in [1.54, 1.807) is 0 Å². The molecule has 2 heteroatoms. The highest BCUT2D eigenvalue weighted by Crippen LogP contribution is 2.23. The third kappa shape index (κ3) is 2.61. The molecule has 1 aliphatic heterocycles. The minimum Gasteiger partial charge on any atom is -0.374 e. The van der Waals surface area contributed by atoms with Crippen LogP contribution in [0.2, 0.25) is 0 Å². The molecular weight excluding hydrogens is 150 g/mol. The fourth-order valence-electron chi connectivity index (χ4n) is 1.68. The van der Waals surface area contributed by atoms with Crippen LogP contribution in [-0.4, -0.2) is 18.2 Å². The van der Waals surface area contributed by atoms with E-state index in [9.17, 15) is 0 Å². The van der Waals surface area contributed by atoms with Gasteiger partial charge >= 0.3 is 0 Å². The standard InChI is InChI=1S/C10H19NO/c1-7(2)6-9(11)10-5-4-8(3)12-10/h8-10H,1,4-6,11H2,2-3H3. The van der Waals surface area contributed by atoms with Crippen molar-refractivity contribution in [1.82, 2.24) is 0 Å². The Labute approximate surface area is 74.8 Å². The van der Waals surface area contributed by atoms with Gasteiger partial charge in [0.1, 0.15) is 0 Å². The number of nitrogens with two attached hydrogens (primary N) is 1. The van der Waals surface area contributed by atoms with Crippen molar-refractivity contribution in [3.63, 3.8) is 0 Å². The van der Waals surface area contributed by atoms with Crippen LogP contribution in [0.3, 0.4) is 0 Å². The maximum atomic E-state index is 5.96. The second-order valence-electron chi connectivity index (χ2n) is 3.89. The molecule has 0 aromatic rings. The first-order valence-corrected chi connectivity index (χ1v) is 4.65. The Kier molecular flexibility index (Phi) is 3.29. The van der Waals surface area contributed by atoms with Gasteiger partial charge in [0.05, 0.1) is 12.2 Å². The van der Waals surface area contributed by atoms with Crippen molar-refractivity contribution < 1.29 is 4.74 Å². The molecule has 0 saturated carbocycles. The second kappa shape index (κ2) is 4.06.